The average Bonchev–Trinajstić information content (AvgIpc) is 2.87. The summed E-state index contributed by atoms with van der Waals surface area (Å²) in [5.74, 6) is 0.796. The van der Waals surface area contributed by atoms with E-state index in [1.165, 1.54) is 19.0 Å². The summed E-state index contributed by atoms with van der Waals surface area (Å²) in [6.07, 6.45) is 5.82. The molecule has 0 bridgehead atoms. The van der Waals surface area contributed by atoms with Crippen molar-refractivity contribution in [2.24, 2.45) is 0 Å². The lowest BCUT2D eigenvalue weighted by atomic mass is 10.3. The minimum absolute atomic E-state index is 0.167. The SMILES string of the molecule is Oc1cnn2cc(C3CC3)nc2c1. The molecule has 0 aliphatic heterocycles. The summed E-state index contributed by atoms with van der Waals surface area (Å²) in [4.78, 5) is 4.38. The van der Waals surface area contributed by atoms with Gasteiger partial charge >= 0.3 is 0 Å². The number of rotatable bonds is 1. The van der Waals surface area contributed by atoms with Crippen molar-refractivity contribution in [3.05, 3.63) is 24.2 Å². The topological polar surface area (TPSA) is 50.4 Å². The molecule has 0 unspecified atom stereocenters. The lowest BCUT2D eigenvalue weighted by Crippen LogP contribution is -1.86. The third kappa shape index (κ3) is 1.06. The molecular formula is C9H9N3O. The number of aromatic nitrogens is 3. The zero-order chi connectivity index (χ0) is 8.84. The molecule has 1 saturated carbocycles. The number of hydrogen-bond acceptors (Lipinski definition) is 3. The average molecular weight is 175 g/mol. The number of imidazole rings is 1. The number of nitrogens with zero attached hydrogens (tertiary/aromatic N) is 3. The van der Waals surface area contributed by atoms with Crippen LogP contribution in [0.5, 0.6) is 5.75 Å². The monoisotopic (exact) mass is 175 g/mol. The molecule has 4 nitrogen and oxygen atoms in total. The quantitative estimate of drug-likeness (QED) is 0.711. The summed E-state index contributed by atoms with van der Waals surface area (Å²) < 4.78 is 1.70. The molecule has 4 heteroatoms. The Balaban J connectivity index is 2.20. The molecule has 2 aromatic rings. The van der Waals surface area contributed by atoms with E-state index in [2.05, 4.69) is 10.1 Å². The van der Waals surface area contributed by atoms with Crippen LogP contribution in [0, 0.1) is 0 Å². The molecular weight excluding hydrogens is 166 g/mol. The number of fused-ring (bicyclic) bond motifs is 1. The van der Waals surface area contributed by atoms with Gasteiger partial charge in [0, 0.05) is 12.0 Å². The van der Waals surface area contributed by atoms with Gasteiger partial charge in [0.2, 0.25) is 0 Å². The molecule has 3 rings (SSSR count). The fourth-order valence-electron chi connectivity index (χ4n) is 1.46. The van der Waals surface area contributed by atoms with E-state index in [0.717, 1.165) is 11.3 Å². The van der Waals surface area contributed by atoms with Crippen LogP contribution in [0.1, 0.15) is 24.5 Å². The zero-order valence-electron chi connectivity index (χ0n) is 7.01. The van der Waals surface area contributed by atoms with Crippen molar-refractivity contribution in [2.45, 2.75) is 18.8 Å². The molecule has 1 N–H and O–H groups in total. The predicted octanol–water partition coefficient (Wildman–Crippen LogP) is 1.31. The van der Waals surface area contributed by atoms with Gasteiger partial charge in [-0.3, -0.25) is 0 Å². The van der Waals surface area contributed by atoms with Gasteiger partial charge in [-0.25, -0.2) is 9.50 Å². The summed E-state index contributed by atoms with van der Waals surface area (Å²) in [7, 11) is 0. The molecule has 0 saturated heterocycles. The van der Waals surface area contributed by atoms with Crippen LogP contribution in [0.4, 0.5) is 0 Å². The van der Waals surface area contributed by atoms with Gasteiger partial charge in [0.1, 0.15) is 5.75 Å². The molecule has 0 spiro atoms. The Labute approximate surface area is 74.8 Å². The van der Waals surface area contributed by atoms with E-state index in [-0.39, 0.29) is 5.75 Å². The third-order valence-electron chi connectivity index (χ3n) is 2.32. The standard InChI is InChI=1S/C9H9N3O/c13-7-3-9-11-8(6-1-2-6)5-12(9)10-4-7/h3-6,13H,1-2H2. The first-order chi connectivity index (χ1) is 6.33. The molecule has 1 aliphatic rings. The van der Waals surface area contributed by atoms with E-state index in [1.54, 1.807) is 10.6 Å². The molecule has 2 heterocycles. The van der Waals surface area contributed by atoms with Crippen LogP contribution in [0.2, 0.25) is 0 Å². The fraction of sp³-hybridized carbons (Fsp3) is 0.333. The molecule has 13 heavy (non-hydrogen) atoms. The van der Waals surface area contributed by atoms with Crippen LogP contribution in [-0.2, 0) is 0 Å². The van der Waals surface area contributed by atoms with Crippen molar-refractivity contribution in [3.8, 4) is 5.75 Å². The first-order valence-corrected chi connectivity index (χ1v) is 4.37. The lowest BCUT2D eigenvalue weighted by Gasteiger charge is -1.90. The minimum Gasteiger partial charge on any atom is -0.506 e. The molecule has 1 aliphatic carbocycles. The van der Waals surface area contributed by atoms with Crippen LogP contribution in [-0.4, -0.2) is 19.7 Å². The second-order valence-corrected chi connectivity index (χ2v) is 3.46. The van der Waals surface area contributed by atoms with Gasteiger partial charge in [0.05, 0.1) is 18.1 Å². The maximum atomic E-state index is 9.18. The lowest BCUT2D eigenvalue weighted by molar-refractivity contribution is 0.471. The summed E-state index contributed by atoms with van der Waals surface area (Å²) in [5, 5.41) is 13.2. The molecule has 0 atom stereocenters. The summed E-state index contributed by atoms with van der Waals surface area (Å²) >= 11 is 0. The van der Waals surface area contributed by atoms with Crippen molar-refractivity contribution in [1.82, 2.24) is 14.6 Å². The predicted molar refractivity (Wildman–Crippen MR) is 46.6 cm³/mol. The highest BCUT2D eigenvalue weighted by molar-refractivity contribution is 5.43. The van der Waals surface area contributed by atoms with Crippen molar-refractivity contribution >= 4 is 5.65 Å². The number of hydrogen-bond donors (Lipinski definition) is 1. The highest BCUT2D eigenvalue weighted by Gasteiger charge is 2.26. The van der Waals surface area contributed by atoms with Gasteiger partial charge in [-0.05, 0) is 12.8 Å². The summed E-state index contributed by atoms with van der Waals surface area (Å²) in [6, 6.07) is 1.62. The Kier molecular flexibility index (Phi) is 1.17. The van der Waals surface area contributed by atoms with Crippen LogP contribution in [0.25, 0.3) is 5.65 Å². The Hall–Kier alpha value is -1.58. The van der Waals surface area contributed by atoms with E-state index < -0.39 is 0 Å². The third-order valence-corrected chi connectivity index (χ3v) is 2.32. The Morgan fingerprint density at radius 3 is 3.08 bits per heavy atom. The Morgan fingerprint density at radius 2 is 2.31 bits per heavy atom. The highest BCUT2D eigenvalue weighted by atomic mass is 16.3. The Bertz CT molecular complexity index is 459. The van der Waals surface area contributed by atoms with Crippen molar-refractivity contribution < 1.29 is 5.11 Å². The van der Waals surface area contributed by atoms with E-state index in [4.69, 9.17) is 0 Å². The van der Waals surface area contributed by atoms with Crippen LogP contribution < -0.4 is 0 Å². The van der Waals surface area contributed by atoms with Crippen LogP contribution >= 0.6 is 0 Å². The van der Waals surface area contributed by atoms with Crippen molar-refractivity contribution in [1.29, 1.82) is 0 Å². The highest BCUT2D eigenvalue weighted by Crippen LogP contribution is 2.39. The second kappa shape index (κ2) is 2.22. The van der Waals surface area contributed by atoms with Gasteiger partial charge in [0.15, 0.2) is 5.65 Å². The Morgan fingerprint density at radius 1 is 1.46 bits per heavy atom. The zero-order valence-corrected chi connectivity index (χ0v) is 7.01. The van der Waals surface area contributed by atoms with E-state index in [1.807, 2.05) is 6.20 Å². The number of aromatic hydroxyl groups is 1. The van der Waals surface area contributed by atoms with E-state index >= 15 is 0 Å². The second-order valence-electron chi connectivity index (χ2n) is 3.46. The smallest absolute Gasteiger partial charge is 0.157 e. The van der Waals surface area contributed by atoms with Gasteiger partial charge in [0.25, 0.3) is 0 Å². The fourth-order valence-corrected chi connectivity index (χ4v) is 1.46. The van der Waals surface area contributed by atoms with Crippen molar-refractivity contribution in [3.63, 3.8) is 0 Å². The molecule has 0 amide bonds. The van der Waals surface area contributed by atoms with Gasteiger partial charge in [-0.15, -0.1) is 0 Å². The maximum Gasteiger partial charge on any atom is 0.157 e. The summed E-state index contributed by atoms with van der Waals surface area (Å²) in [6.45, 7) is 0. The molecule has 0 aromatic carbocycles. The first kappa shape index (κ1) is 6.88. The molecule has 66 valence electrons. The minimum atomic E-state index is 0.167. The normalized spacial score (nSPS) is 16.6. The van der Waals surface area contributed by atoms with E-state index in [0.29, 0.717) is 5.92 Å². The van der Waals surface area contributed by atoms with Gasteiger partial charge in [-0.2, -0.15) is 5.10 Å². The summed E-state index contributed by atoms with van der Waals surface area (Å²) in [5.41, 5.74) is 1.82. The largest absolute Gasteiger partial charge is 0.506 e. The van der Waals surface area contributed by atoms with Gasteiger partial charge in [-0.1, -0.05) is 0 Å². The van der Waals surface area contributed by atoms with Gasteiger partial charge < -0.3 is 5.11 Å². The molecule has 0 radical (unpaired) electrons. The van der Waals surface area contributed by atoms with E-state index in [9.17, 15) is 5.11 Å². The first-order valence-electron chi connectivity index (χ1n) is 4.37. The van der Waals surface area contributed by atoms with Crippen LogP contribution in [0.15, 0.2) is 18.5 Å². The molecule has 2 aromatic heterocycles. The van der Waals surface area contributed by atoms with Crippen LogP contribution in [0.3, 0.4) is 0 Å². The van der Waals surface area contributed by atoms with Crippen molar-refractivity contribution in [2.75, 3.05) is 0 Å². The molecule has 1 fully saturated rings. The maximum absolute atomic E-state index is 9.18.